The Hall–Kier alpha value is -0.730. The summed E-state index contributed by atoms with van der Waals surface area (Å²) in [5.41, 5.74) is 0. The van der Waals surface area contributed by atoms with Crippen molar-refractivity contribution in [2.75, 3.05) is 7.05 Å². The largest absolute Gasteiger partial charge is 0.303 e. The highest BCUT2D eigenvalue weighted by Crippen LogP contribution is 1.76. The maximum absolute atomic E-state index is 11.7. The lowest BCUT2D eigenvalue weighted by Gasteiger charge is -1.75. The molecule has 0 unspecified atom stereocenters. The molecule has 40 valence electrons. The van der Waals surface area contributed by atoms with Crippen molar-refractivity contribution >= 4 is 12.3 Å². The van der Waals surface area contributed by atoms with Gasteiger partial charge in [-0.2, -0.15) is 4.39 Å². The summed E-state index contributed by atoms with van der Waals surface area (Å²) < 4.78 is 11.7. The molecule has 0 heterocycles. The Bertz CT molecular complexity index is 95.9. The Morgan fingerprint density at radius 1 is 1.71 bits per heavy atom. The number of hydrogen-bond donors (Lipinski definition) is 0. The van der Waals surface area contributed by atoms with Gasteiger partial charge >= 0.3 is 6.09 Å². The molecule has 0 saturated heterocycles. The third-order valence-electron chi connectivity index (χ3n) is 0.420. The van der Waals surface area contributed by atoms with Crippen molar-refractivity contribution in [2.24, 2.45) is 9.98 Å². The fourth-order valence-corrected chi connectivity index (χ4v) is 0.164. The van der Waals surface area contributed by atoms with Gasteiger partial charge in [0.2, 0.25) is 0 Å². The highest BCUT2D eigenvalue weighted by atomic mass is 19.1. The summed E-state index contributed by atoms with van der Waals surface area (Å²) in [5, 5.41) is 0. The van der Waals surface area contributed by atoms with Gasteiger partial charge in [-0.3, -0.25) is 0 Å². The van der Waals surface area contributed by atoms with Crippen LogP contribution in [-0.2, 0) is 0 Å². The van der Waals surface area contributed by atoms with Gasteiger partial charge in [-0.1, -0.05) is 0 Å². The average Bonchev–Trinajstić information content (AvgIpc) is 1.68. The van der Waals surface area contributed by atoms with Crippen molar-refractivity contribution in [3.05, 3.63) is 0 Å². The minimum absolute atomic E-state index is 0.678. The van der Waals surface area contributed by atoms with Gasteiger partial charge in [0, 0.05) is 13.3 Å². The fraction of sp³-hybridized carbons (Fsp3) is 0.500. The molecule has 0 aromatic rings. The first-order valence-corrected chi connectivity index (χ1v) is 1.92. The van der Waals surface area contributed by atoms with E-state index in [-0.39, 0.29) is 0 Å². The van der Waals surface area contributed by atoms with E-state index < -0.39 is 6.09 Å². The molecular weight excluding hydrogens is 95.1 g/mol. The number of rotatable bonds is 0. The molecule has 0 bridgehead atoms. The predicted octanol–water partition coefficient (Wildman–Crippen LogP) is 1.03. The zero-order valence-corrected chi connectivity index (χ0v) is 4.35. The minimum Gasteiger partial charge on any atom is -0.244 e. The summed E-state index contributed by atoms with van der Waals surface area (Å²) >= 11 is 0. The van der Waals surface area contributed by atoms with Crippen molar-refractivity contribution in [1.29, 1.82) is 0 Å². The first kappa shape index (κ1) is 6.27. The van der Waals surface area contributed by atoms with Gasteiger partial charge < -0.3 is 0 Å². The van der Waals surface area contributed by atoms with E-state index in [0.29, 0.717) is 0 Å². The molecule has 3 heteroatoms. The molecule has 0 atom stereocenters. The molecule has 7 heavy (non-hydrogen) atoms. The predicted molar refractivity (Wildman–Crippen MR) is 28.6 cm³/mol. The molecule has 0 rings (SSSR count). The van der Waals surface area contributed by atoms with Crippen LogP contribution in [-0.4, -0.2) is 19.4 Å². The molecule has 2 nitrogen and oxygen atoms in total. The second kappa shape index (κ2) is 3.46. The summed E-state index contributed by atoms with van der Waals surface area (Å²) in [7, 11) is 1.35. The summed E-state index contributed by atoms with van der Waals surface area (Å²) in [4.78, 5) is 6.33. The van der Waals surface area contributed by atoms with Gasteiger partial charge in [0.15, 0.2) is 0 Å². The van der Waals surface area contributed by atoms with Crippen molar-refractivity contribution in [2.45, 2.75) is 6.92 Å². The van der Waals surface area contributed by atoms with Gasteiger partial charge in [-0.25, -0.2) is 9.98 Å². The standard InChI is InChI=1S/C4H7FN2/c1-3-7-4(5)6-2/h3H,1-2H3. The normalized spacial score (nSPS) is 13.3. The Morgan fingerprint density at radius 2 is 2.29 bits per heavy atom. The third kappa shape index (κ3) is 3.09. The van der Waals surface area contributed by atoms with Crippen LogP contribution in [0.5, 0.6) is 0 Å². The molecule has 0 aliphatic heterocycles. The van der Waals surface area contributed by atoms with E-state index in [2.05, 4.69) is 9.98 Å². The smallest absolute Gasteiger partial charge is 0.244 e. The summed E-state index contributed by atoms with van der Waals surface area (Å²) in [6.45, 7) is 1.63. The van der Waals surface area contributed by atoms with Gasteiger partial charge in [0.25, 0.3) is 0 Å². The van der Waals surface area contributed by atoms with Crippen molar-refractivity contribution in [3.8, 4) is 0 Å². The Labute approximate surface area is 41.8 Å². The summed E-state index contributed by atoms with van der Waals surface area (Å²) in [6, 6.07) is 0. The zero-order chi connectivity index (χ0) is 5.70. The number of hydrogen-bond acceptors (Lipinski definition) is 1. The molecule has 0 saturated carbocycles. The Morgan fingerprint density at radius 3 is 2.43 bits per heavy atom. The first-order chi connectivity index (χ1) is 3.31. The molecule has 0 fully saturated rings. The fourth-order valence-electron chi connectivity index (χ4n) is 0.164. The van der Waals surface area contributed by atoms with E-state index in [4.69, 9.17) is 0 Å². The second-order valence-corrected chi connectivity index (χ2v) is 0.880. The van der Waals surface area contributed by atoms with Crippen LogP contribution in [0.15, 0.2) is 9.98 Å². The molecule has 0 aliphatic carbocycles. The van der Waals surface area contributed by atoms with Crippen LogP contribution in [0.4, 0.5) is 4.39 Å². The van der Waals surface area contributed by atoms with Crippen molar-refractivity contribution in [3.63, 3.8) is 0 Å². The maximum atomic E-state index is 11.7. The van der Waals surface area contributed by atoms with Crippen molar-refractivity contribution < 1.29 is 4.39 Å². The van der Waals surface area contributed by atoms with Crippen LogP contribution in [0.1, 0.15) is 6.92 Å². The molecule has 0 spiro atoms. The molecule has 0 aromatic heterocycles. The maximum Gasteiger partial charge on any atom is 0.303 e. The molecule has 0 aliphatic rings. The van der Waals surface area contributed by atoms with Gasteiger partial charge in [0.1, 0.15) is 0 Å². The average molecular weight is 102 g/mol. The Kier molecular flexibility index (Phi) is 3.10. The lowest BCUT2D eigenvalue weighted by Crippen LogP contribution is -1.79. The monoisotopic (exact) mass is 102 g/mol. The number of amidine groups is 1. The number of halogens is 1. The Balaban J connectivity index is 3.58. The summed E-state index contributed by atoms with van der Waals surface area (Å²) in [5.74, 6) is 0. The lowest BCUT2D eigenvalue weighted by atomic mass is 10.9. The third-order valence-corrected chi connectivity index (χ3v) is 0.420. The molecule has 0 aromatic carbocycles. The van der Waals surface area contributed by atoms with Crippen LogP contribution >= 0.6 is 0 Å². The highest BCUT2D eigenvalue weighted by Gasteiger charge is 1.79. The van der Waals surface area contributed by atoms with Crippen LogP contribution in [0.2, 0.25) is 0 Å². The molecule has 0 radical (unpaired) electrons. The van der Waals surface area contributed by atoms with E-state index in [9.17, 15) is 4.39 Å². The van der Waals surface area contributed by atoms with Gasteiger partial charge in [-0.05, 0) is 6.92 Å². The van der Waals surface area contributed by atoms with E-state index >= 15 is 0 Å². The lowest BCUT2D eigenvalue weighted by molar-refractivity contribution is 0.787. The van der Waals surface area contributed by atoms with Crippen LogP contribution in [0.3, 0.4) is 0 Å². The van der Waals surface area contributed by atoms with Crippen molar-refractivity contribution in [1.82, 2.24) is 0 Å². The van der Waals surface area contributed by atoms with E-state index in [0.717, 1.165) is 0 Å². The molecule has 0 N–H and O–H groups in total. The van der Waals surface area contributed by atoms with Crippen LogP contribution in [0, 0.1) is 0 Å². The number of aliphatic imine (C=N–C) groups is 2. The van der Waals surface area contributed by atoms with E-state index in [1.165, 1.54) is 13.3 Å². The van der Waals surface area contributed by atoms with E-state index in [1.807, 2.05) is 0 Å². The quantitative estimate of drug-likeness (QED) is 0.248. The molecule has 0 amide bonds. The number of nitrogens with zero attached hydrogens (tertiary/aromatic N) is 2. The van der Waals surface area contributed by atoms with Crippen LogP contribution < -0.4 is 0 Å². The zero-order valence-electron chi connectivity index (χ0n) is 4.35. The topological polar surface area (TPSA) is 24.7 Å². The van der Waals surface area contributed by atoms with Gasteiger partial charge in [0.05, 0.1) is 0 Å². The molecular formula is C4H7FN2. The first-order valence-electron chi connectivity index (χ1n) is 1.92. The highest BCUT2D eigenvalue weighted by molar-refractivity contribution is 5.81. The summed E-state index contributed by atoms with van der Waals surface area (Å²) in [6.07, 6.45) is 0.671. The SMILES string of the molecule is CC=NC(F)=NC. The van der Waals surface area contributed by atoms with E-state index in [1.54, 1.807) is 6.92 Å². The minimum atomic E-state index is -0.678. The van der Waals surface area contributed by atoms with Gasteiger partial charge in [-0.15, -0.1) is 0 Å². The second-order valence-electron chi connectivity index (χ2n) is 0.880. The van der Waals surface area contributed by atoms with Crippen LogP contribution in [0.25, 0.3) is 0 Å².